The summed E-state index contributed by atoms with van der Waals surface area (Å²) in [5.41, 5.74) is 7.24. The number of aryl methyl sites for hydroxylation is 1. The van der Waals surface area contributed by atoms with Crippen LogP contribution in [-0.4, -0.2) is 10.3 Å². The fourth-order valence-electron chi connectivity index (χ4n) is 1.34. The number of hydrogen-bond donors (Lipinski definition) is 2. The predicted molar refractivity (Wildman–Crippen MR) is 52.8 cm³/mol. The second kappa shape index (κ2) is 3.06. The fraction of sp³-hybridized carbons (Fsp3) is 0.100. The number of nitrogens with two attached hydrogens (primary N) is 1. The normalized spacial score (nSPS) is 10.4. The lowest BCUT2D eigenvalue weighted by Crippen LogP contribution is -1.81. The van der Waals surface area contributed by atoms with E-state index in [0.29, 0.717) is 11.6 Å². The van der Waals surface area contributed by atoms with Crippen molar-refractivity contribution in [3.63, 3.8) is 0 Å². The van der Waals surface area contributed by atoms with E-state index in [-0.39, 0.29) is 5.75 Å². The van der Waals surface area contributed by atoms with Crippen LogP contribution in [0.5, 0.6) is 5.75 Å². The number of anilines is 1. The molecule has 0 fully saturated rings. The van der Waals surface area contributed by atoms with Crippen LogP contribution in [0.15, 0.2) is 28.8 Å². The Balaban J connectivity index is 2.52. The third kappa shape index (κ3) is 1.42. The second-order valence-corrected chi connectivity index (χ2v) is 3.12. The Morgan fingerprint density at radius 2 is 2.14 bits per heavy atom. The molecule has 0 saturated heterocycles. The van der Waals surface area contributed by atoms with E-state index in [1.54, 1.807) is 24.3 Å². The monoisotopic (exact) mass is 190 g/mol. The molecule has 14 heavy (non-hydrogen) atoms. The summed E-state index contributed by atoms with van der Waals surface area (Å²) in [7, 11) is 0. The predicted octanol–water partition coefficient (Wildman–Crippen LogP) is 1.94. The number of rotatable bonds is 1. The molecule has 2 rings (SSSR count). The molecule has 0 unspecified atom stereocenters. The Morgan fingerprint density at radius 3 is 2.71 bits per heavy atom. The van der Waals surface area contributed by atoms with Crippen molar-refractivity contribution >= 4 is 5.82 Å². The summed E-state index contributed by atoms with van der Waals surface area (Å²) in [6.07, 6.45) is 0. The summed E-state index contributed by atoms with van der Waals surface area (Å²) in [5.74, 6) is 1.20. The zero-order chi connectivity index (χ0) is 10.1. The van der Waals surface area contributed by atoms with Gasteiger partial charge in [0.2, 0.25) is 0 Å². The molecule has 2 aromatic rings. The fourth-order valence-corrected chi connectivity index (χ4v) is 1.34. The van der Waals surface area contributed by atoms with Crippen LogP contribution in [-0.2, 0) is 0 Å². The maximum Gasteiger partial charge on any atom is 0.169 e. The molecule has 72 valence electrons. The highest BCUT2D eigenvalue weighted by Gasteiger charge is 2.07. The van der Waals surface area contributed by atoms with Crippen molar-refractivity contribution in [1.82, 2.24) is 5.16 Å². The molecule has 1 aromatic carbocycles. The van der Waals surface area contributed by atoms with Crippen LogP contribution in [0.3, 0.4) is 0 Å². The van der Waals surface area contributed by atoms with Gasteiger partial charge in [0, 0.05) is 11.6 Å². The van der Waals surface area contributed by atoms with Gasteiger partial charge in [0.05, 0.1) is 0 Å². The molecule has 1 heterocycles. The van der Waals surface area contributed by atoms with Crippen molar-refractivity contribution in [3.05, 3.63) is 29.8 Å². The van der Waals surface area contributed by atoms with Crippen LogP contribution in [0, 0.1) is 6.92 Å². The molecule has 1 aromatic heterocycles. The smallest absolute Gasteiger partial charge is 0.169 e. The molecule has 0 aliphatic heterocycles. The molecule has 0 aliphatic carbocycles. The maximum atomic E-state index is 9.22. The number of aromatic nitrogens is 1. The molecule has 0 radical (unpaired) electrons. The number of phenolic OH excluding ortho intramolecular Hbond substituents is 1. The minimum Gasteiger partial charge on any atom is -0.508 e. The van der Waals surface area contributed by atoms with Gasteiger partial charge in [-0.15, -0.1) is 0 Å². The molecule has 4 heteroatoms. The lowest BCUT2D eigenvalue weighted by Gasteiger charge is -2.01. The number of aromatic hydroxyl groups is 1. The van der Waals surface area contributed by atoms with E-state index < -0.39 is 0 Å². The lowest BCUT2D eigenvalue weighted by molar-refractivity contribution is 0.435. The summed E-state index contributed by atoms with van der Waals surface area (Å²) in [6, 6.07) is 6.68. The van der Waals surface area contributed by atoms with Crippen molar-refractivity contribution in [2.24, 2.45) is 0 Å². The standard InChI is InChI=1S/C10H10N2O2/c1-6-4-7(13)2-3-8(6)9-5-10(11)12-14-9/h2-5,13H,1H3,(H2,11,12). The first-order valence-corrected chi connectivity index (χ1v) is 4.19. The van der Waals surface area contributed by atoms with Gasteiger partial charge in [0.25, 0.3) is 0 Å². The number of phenols is 1. The van der Waals surface area contributed by atoms with Gasteiger partial charge in [-0.1, -0.05) is 5.16 Å². The van der Waals surface area contributed by atoms with Gasteiger partial charge in [-0.2, -0.15) is 0 Å². The number of nitrogen functional groups attached to an aromatic ring is 1. The van der Waals surface area contributed by atoms with Crippen molar-refractivity contribution in [3.8, 4) is 17.1 Å². The summed E-state index contributed by atoms with van der Waals surface area (Å²) in [4.78, 5) is 0. The maximum absolute atomic E-state index is 9.22. The molecular weight excluding hydrogens is 180 g/mol. The van der Waals surface area contributed by atoms with Crippen LogP contribution in [0.25, 0.3) is 11.3 Å². The molecule has 0 aliphatic rings. The van der Waals surface area contributed by atoms with Crippen LogP contribution in [0.4, 0.5) is 5.82 Å². The highest BCUT2D eigenvalue weighted by molar-refractivity contribution is 5.64. The van der Waals surface area contributed by atoms with Crippen molar-refractivity contribution in [1.29, 1.82) is 0 Å². The van der Waals surface area contributed by atoms with Crippen molar-refractivity contribution in [2.75, 3.05) is 5.73 Å². The van der Waals surface area contributed by atoms with E-state index in [9.17, 15) is 5.11 Å². The van der Waals surface area contributed by atoms with Gasteiger partial charge in [0.15, 0.2) is 11.6 Å². The Morgan fingerprint density at radius 1 is 1.36 bits per heavy atom. The Kier molecular flexibility index (Phi) is 1.89. The summed E-state index contributed by atoms with van der Waals surface area (Å²) in [6.45, 7) is 1.88. The lowest BCUT2D eigenvalue weighted by atomic mass is 10.1. The van der Waals surface area contributed by atoms with Crippen LogP contribution in [0.1, 0.15) is 5.56 Å². The van der Waals surface area contributed by atoms with Crippen LogP contribution < -0.4 is 5.73 Å². The van der Waals surface area contributed by atoms with Gasteiger partial charge >= 0.3 is 0 Å². The quantitative estimate of drug-likeness (QED) is 0.720. The molecule has 0 amide bonds. The van der Waals surface area contributed by atoms with E-state index >= 15 is 0 Å². The minimum absolute atomic E-state index is 0.235. The molecular formula is C10H10N2O2. The number of hydrogen-bond acceptors (Lipinski definition) is 4. The Bertz CT molecular complexity index is 463. The SMILES string of the molecule is Cc1cc(O)ccc1-c1cc(N)no1. The average Bonchev–Trinajstić information content (AvgIpc) is 2.51. The first-order chi connectivity index (χ1) is 6.66. The number of nitrogens with zero attached hydrogens (tertiary/aromatic N) is 1. The van der Waals surface area contributed by atoms with E-state index in [4.69, 9.17) is 10.3 Å². The first kappa shape index (κ1) is 8.62. The zero-order valence-corrected chi connectivity index (χ0v) is 7.69. The Labute approximate surface area is 81.0 Å². The minimum atomic E-state index is 0.235. The highest BCUT2D eigenvalue weighted by atomic mass is 16.5. The van der Waals surface area contributed by atoms with Crippen molar-refractivity contribution in [2.45, 2.75) is 6.92 Å². The summed E-state index contributed by atoms with van der Waals surface area (Å²) in [5, 5.41) is 12.8. The third-order valence-corrected chi connectivity index (χ3v) is 2.00. The van der Waals surface area contributed by atoms with Crippen LogP contribution >= 0.6 is 0 Å². The topological polar surface area (TPSA) is 72.3 Å². The van der Waals surface area contributed by atoms with E-state index in [1.807, 2.05) is 6.92 Å². The largest absolute Gasteiger partial charge is 0.508 e. The van der Waals surface area contributed by atoms with Crippen LogP contribution in [0.2, 0.25) is 0 Å². The molecule has 0 atom stereocenters. The van der Waals surface area contributed by atoms with Gasteiger partial charge in [0.1, 0.15) is 5.75 Å². The number of benzene rings is 1. The summed E-state index contributed by atoms with van der Waals surface area (Å²) < 4.78 is 5.01. The van der Waals surface area contributed by atoms with Gasteiger partial charge < -0.3 is 15.4 Å². The zero-order valence-electron chi connectivity index (χ0n) is 7.69. The van der Waals surface area contributed by atoms with Crippen molar-refractivity contribution < 1.29 is 9.63 Å². The summed E-state index contributed by atoms with van der Waals surface area (Å²) >= 11 is 0. The third-order valence-electron chi connectivity index (χ3n) is 2.00. The van der Waals surface area contributed by atoms with Gasteiger partial charge in [-0.05, 0) is 30.7 Å². The van der Waals surface area contributed by atoms with Gasteiger partial charge in [-0.25, -0.2) is 0 Å². The molecule has 0 bridgehead atoms. The van der Waals surface area contributed by atoms with E-state index in [0.717, 1.165) is 11.1 Å². The molecule has 3 N–H and O–H groups in total. The molecule has 0 saturated carbocycles. The Hall–Kier alpha value is -1.97. The second-order valence-electron chi connectivity index (χ2n) is 3.12. The molecule has 4 nitrogen and oxygen atoms in total. The van der Waals surface area contributed by atoms with E-state index in [1.165, 1.54) is 0 Å². The van der Waals surface area contributed by atoms with Gasteiger partial charge in [-0.3, -0.25) is 0 Å². The van der Waals surface area contributed by atoms with E-state index in [2.05, 4.69) is 5.16 Å². The highest BCUT2D eigenvalue weighted by Crippen LogP contribution is 2.27. The average molecular weight is 190 g/mol. The first-order valence-electron chi connectivity index (χ1n) is 4.19. The molecule has 0 spiro atoms.